The Kier molecular flexibility index (Phi) is 7.80. The number of hydrogen-bond acceptors (Lipinski definition) is 1. The van der Waals surface area contributed by atoms with E-state index in [1.807, 2.05) is 24.3 Å². The molecule has 1 nitrogen and oxygen atoms in total. The zero-order valence-corrected chi connectivity index (χ0v) is 16.4. The normalized spacial score (nSPS) is 11.3. The average Bonchev–Trinajstić information content (AvgIpc) is 2.45. The van der Waals surface area contributed by atoms with Gasteiger partial charge in [-0.3, -0.25) is 0 Å². The molecule has 23 heavy (non-hydrogen) atoms. The van der Waals surface area contributed by atoms with E-state index in [2.05, 4.69) is 13.8 Å². The number of rotatable bonds is 5. The second-order valence-electron chi connectivity index (χ2n) is 5.44. The molecule has 0 aromatic heterocycles. The van der Waals surface area contributed by atoms with Gasteiger partial charge in [-0.2, -0.15) is 0 Å². The Hall–Kier alpha value is -0.339. The summed E-state index contributed by atoms with van der Waals surface area (Å²) in [7, 11) is 0. The van der Waals surface area contributed by atoms with Crippen LogP contribution in [0.4, 0.5) is 17.3 Å². The van der Waals surface area contributed by atoms with Crippen molar-refractivity contribution in [2.24, 2.45) is 0 Å². The second kappa shape index (κ2) is 8.67. The predicted molar refractivity (Wildman–Crippen MR) is 80.0 cm³/mol. The maximum Gasteiger partial charge on any atom is 1.00 e. The van der Waals surface area contributed by atoms with Gasteiger partial charge in [-0.1, -0.05) is 43.6 Å². The van der Waals surface area contributed by atoms with Crippen molar-refractivity contribution in [3.05, 3.63) is 59.4 Å². The Morgan fingerprint density at radius 3 is 2.13 bits per heavy atom. The minimum Gasteiger partial charge on any atom is -0.492 e. The molecule has 7 heteroatoms. The number of benzene rings is 2. The minimum atomic E-state index is -5.32. The fourth-order valence-electron chi connectivity index (χ4n) is 2.07. The van der Waals surface area contributed by atoms with Gasteiger partial charge in [0.15, 0.2) is 0 Å². The molecule has 0 fully saturated rings. The first-order valence-electron chi connectivity index (χ1n) is 6.98. The van der Waals surface area contributed by atoms with Crippen LogP contribution in [-0.2, 0) is 6.61 Å². The van der Waals surface area contributed by atoms with E-state index in [0.717, 1.165) is 23.3 Å². The zero-order chi connectivity index (χ0) is 16.3. The molecule has 0 saturated carbocycles. The zero-order valence-electron chi connectivity index (χ0n) is 13.3. The molecule has 2 rings (SSSR count). The topological polar surface area (TPSA) is 9.23 Å². The maximum atomic E-state index is 13.0. The first kappa shape index (κ1) is 20.7. The van der Waals surface area contributed by atoms with Crippen molar-refractivity contribution >= 4 is 12.4 Å². The molecule has 0 bridgehead atoms. The number of ether oxygens (including phenoxy) is 1. The van der Waals surface area contributed by atoms with Gasteiger partial charge in [-0.15, -0.1) is 0 Å². The summed E-state index contributed by atoms with van der Waals surface area (Å²) >= 11 is 0. The summed E-state index contributed by atoms with van der Waals surface area (Å²) in [4.78, 5) is 0. The van der Waals surface area contributed by atoms with E-state index >= 15 is 0 Å². The van der Waals surface area contributed by atoms with Gasteiger partial charge in [-0.05, 0) is 35.2 Å². The Labute approximate surface area is 175 Å². The molecule has 0 saturated heterocycles. The first-order chi connectivity index (χ1) is 10.3. The standard InChI is InChI=1S/C16H16BF4O.K/c1-11(2)13-5-3-12(4-6-13)10-22-16-8-7-14(18)9-15(16)17(19,20)21;/h3-9,11H,10H2,1-2H3;/q-1;+1. The average molecular weight is 350 g/mol. The van der Waals surface area contributed by atoms with Crippen molar-refractivity contribution in [3.63, 3.8) is 0 Å². The van der Waals surface area contributed by atoms with E-state index < -0.39 is 18.3 Å². The molecular weight excluding hydrogens is 334 g/mol. The van der Waals surface area contributed by atoms with Crippen LogP contribution in [-0.4, -0.2) is 6.98 Å². The third-order valence-electron chi connectivity index (χ3n) is 3.37. The van der Waals surface area contributed by atoms with Gasteiger partial charge < -0.3 is 17.7 Å². The first-order valence-corrected chi connectivity index (χ1v) is 6.98. The molecule has 0 radical (unpaired) electrons. The van der Waals surface area contributed by atoms with Crippen LogP contribution in [0, 0.1) is 5.82 Å². The predicted octanol–water partition coefficient (Wildman–Crippen LogP) is 1.59. The van der Waals surface area contributed by atoms with Gasteiger partial charge in [-0.25, -0.2) is 4.39 Å². The van der Waals surface area contributed by atoms with E-state index in [0.29, 0.717) is 12.0 Å². The summed E-state index contributed by atoms with van der Waals surface area (Å²) in [6.45, 7) is -1.20. The summed E-state index contributed by atoms with van der Waals surface area (Å²) in [6.07, 6.45) is 0. The number of halogens is 4. The Morgan fingerprint density at radius 2 is 1.61 bits per heavy atom. The summed E-state index contributed by atoms with van der Waals surface area (Å²) in [5, 5.41) is 0. The largest absolute Gasteiger partial charge is 1.00 e. The van der Waals surface area contributed by atoms with Crippen molar-refractivity contribution in [1.82, 2.24) is 0 Å². The smallest absolute Gasteiger partial charge is 0.492 e. The van der Waals surface area contributed by atoms with Gasteiger partial charge in [0, 0.05) is 0 Å². The SMILES string of the molecule is CC(C)c1ccc(COc2ccc(F)cc2[B-](F)(F)F)cc1.[K+]. The van der Waals surface area contributed by atoms with Crippen molar-refractivity contribution in [3.8, 4) is 5.75 Å². The molecule has 0 aliphatic carbocycles. The van der Waals surface area contributed by atoms with Crippen LogP contribution in [0.3, 0.4) is 0 Å². The molecule has 118 valence electrons. The van der Waals surface area contributed by atoms with Crippen molar-refractivity contribution in [1.29, 1.82) is 0 Å². The quantitative estimate of drug-likeness (QED) is 0.588. The van der Waals surface area contributed by atoms with E-state index in [1.54, 1.807) is 0 Å². The molecule has 0 heterocycles. The summed E-state index contributed by atoms with van der Waals surface area (Å²) < 4.78 is 57.0. The van der Waals surface area contributed by atoms with Gasteiger partial charge >= 0.3 is 58.4 Å². The van der Waals surface area contributed by atoms with Crippen LogP contribution in [0.15, 0.2) is 42.5 Å². The summed E-state index contributed by atoms with van der Waals surface area (Å²) in [5.41, 5.74) is 0.859. The number of hydrogen-bond donors (Lipinski definition) is 0. The molecule has 0 N–H and O–H groups in total. The summed E-state index contributed by atoms with van der Waals surface area (Å²) in [5.74, 6) is -0.892. The molecule has 0 amide bonds. The van der Waals surface area contributed by atoms with Crippen molar-refractivity contribution < 1.29 is 73.5 Å². The molecule has 0 spiro atoms. The van der Waals surface area contributed by atoms with Crippen LogP contribution in [0.1, 0.15) is 30.9 Å². The van der Waals surface area contributed by atoms with E-state index in [-0.39, 0.29) is 63.7 Å². The third-order valence-corrected chi connectivity index (χ3v) is 3.37. The third kappa shape index (κ3) is 5.90. The van der Waals surface area contributed by atoms with Gasteiger partial charge in [0.2, 0.25) is 0 Å². The molecule has 0 aliphatic heterocycles. The molecule has 2 aromatic carbocycles. The van der Waals surface area contributed by atoms with Gasteiger partial charge in [0.25, 0.3) is 0 Å². The van der Waals surface area contributed by atoms with Gasteiger partial charge in [0.05, 0.1) is 5.75 Å². The van der Waals surface area contributed by atoms with Crippen LogP contribution in [0.25, 0.3) is 0 Å². The minimum absolute atomic E-state index is 0. The molecule has 0 atom stereocenters. The van der Waals surface area contributed by atoms with Crippen molar-refractivity contribution in [2.45, 2.75) is 26.4 Å². The van der Waals surface area contributed by atoms with Crippen LogP contribution >= 0.6 is 0 Å². The summed E-state index contributed by atoms with van der Waals surface area (Å²) in [6, 6.07) is 9.92. The monoisotopic (exact) mass is 350 g/mol. The van der Waals surface area contributed by atoms with Crippen LogP contribution < -0.4 is 61.6 Å². The van der Waals surface area contributed by atoms with Gasteiger partial charge in [0.1, 0.15) is 12.4 Å². The second-order valence-corrected chi connectivity index (χ2v) is 5.44. The molecule has 0 unspecified atom stereocenters. The van der Waals surface area contributed by atoms with Crippen molar-refractivity contribution in [2.75, 3.05) is 0 Å². The Bertz CT molecular complexity index is 642. The fourth-order valence-corrected chi connectivity index (χ4v) is 2.07. The molecule has 2 aromatic rings. The maximum absolute atomic E-state index is 13.0. The molecular formula is C16H16BF4KO. The van der Waals surface area contributed by atoms with Crippen LogP contribution in [0.2, 0.25) is 0 Å². The molecule has 0 aliphatic rings. The fraction of sp³-hybridized carbons (Fsp3) is 0.250. The van der Waals surface area contributed by atoms with E-state index in [9.17, 15) is 17.3 Å². The Balaban J connectivity index is 0.00000264. The van der Waals surface area contributed by atoms with E-state index in [4.69, 9.17) is 4.74 Å². The Morgan fingerprint density at radius 1 is 1.00 bits per heavy atom. The van der Waals surface area contributed by atoms with Crippen LogP contribution in [0.5, 0.6) is 5.75 Å². The van der Waals surface area contributed by atoms with E-state index in [1.165, 1.54) is 0 Å².